The summed E-state index contributed by atoms with van der Waals surface area (Å²) in [6, 6.07) is 14.3. The Kier molecular flexibility index (Phi) is 7.22. The molecule has 7 heteroatoms. The van der Waals surface area contributed by atoms with Gasteiger partial charge in [-0.15, -0.1) is 0 Å². The van der Waals surface area contributed by atoms with E-state index < -0.39 is 11.7 Å². The summed E-state index contributed by atoms with van der Waals surface area (Å²) in [4.78, 5) is 8.71. The smallest absolute Gasteiger partial charge is 0.380 e. The van der Waals surface area contributed by atoms with Crippen LogP contribution < -0.4 is 0 Å². The third-order valence-corrected chi connectivity index (χ3v) is 5.77. The Hall–Kier alpha value is -3.32. The van der Waals surface area contributed by atoms with Crippen molar-refractivity contribution in [2.45, 2.75) is 38.5 Å². The second kappa shape index (κ2) is 10.3. The number of halogens is 4. The maximum absolute atomic E-state index is 15.1. The minimum absolute atomic E-state index is 0.284. The molecule has 176 valence electrons. The van der Waals surface area contributed by atoms with Crippen molar-refractivity contribution in [1.29, 1.82) is 0 Å². The SMILES string of the molecule is COCc1cnc(CCc2ccc3c(F)c(CCc4ccc(C(F)(F)F)cc4)ccc3c2)nc1. The standard InChI is InChI=1S/C27H24F4N2O/c1-34-17-20-15-32-25(33-16-20)13-6-19-5-12-24-22(14-19)9-8-21(26(24)28)7-2-18-3-10-23(11-4-18)27(29,30)31/h3-5,8-12,14-16H,2,6-7,13,17H2,1H3. The highest BCUT2D eigenvalue weighted by Crippen LogP contribution is 2.29. The highest BCUT2D eigenvalue weighted by Gasteiger charge is 2.29. The minimum Gasteiger partial charge on any atom is -0.380 e. The normalized spacial score (nSPS) is 11.8. The molecule has 0 aliphatic heterocycles. The van der Waals surface area contributed by atoms with Gasteiger partial charge in [0.25, 0.3) is 0 Å². The van der Waals surface area contributed by atoms with Gasteiger partial charge >= 0.3 is 6.18 Å². The Labute approximate surface area is 195 Å². The molecule has 0 amide bonds. The predicted octanol–water partition coefficient (Wildman–Crippen LogP) is 6.50. The third kappa shape index (κ3) is 5.78. The molecule has 3 nitrogen and oxygen atoms in total. The first-order valence-corrected chi connectivity index (χ1v) is 11.0. The van der Waals surface area contributed by atoms with Crippen LogP contribution in [-0.2, 0) is 43.2 Å². The molecule has 0 N–H and O–H groups in total. The first-order valence-electron chi connectivity index (χ1n) is 11.0. The largest absolute Gasteiger partial charge is 0.416 e. The van der Waals surface area contributed by atoms with Crippen LogP contribution in [0, 0.1) is 5.82 Å². The molecule has 0 radical (unpaired) electrons. The number of fused-ring (bicyclic) bond motifs is 1. The molecule has 3 aromatic carbocycles. The molecule has 4 aromatic rings. The van der Waals surface area contributed by atoms with Crippen LogP contribution in [0.2, 0.25) is 0 Å². The molecule has 0 atom stereocenters. The van der Waals surface area contributed by atoms with Crippen molar-refractivity contribution in [1.82, 2.24) is 9.97 Å². The van der Waals surface area contributed by atoms with Gasteiger partial charge < -0.3 is 4.74 Å². The molecule has 0 saturated carbocycles. The minimum atomic E-state index is -4.36. The third-order valence-electron chi connectivity index (χ3n) is 5.77. The summed E-state index contributed by atoms with van der Waals surface area (Å²) in [7, 11) is 1.62. The zero-order chi connectivity index (χ0) is 24.1. The molecule has 34 heavy (non-hydrogen) atoms. The summed E-state index contributed by atoms with van der Waals surface area (Å²) < 4.78 is 58.3. The van der Waals surface area contributed by atoms with Gasteiger partial charge in [0.15, 0.2) is 0 Å². The fourth-order valence-corrected chi connectivity index (χ4v) is 3.88. The van der Waals surface area contributed by atoms with Crippen molar-refractivity contribution in [3.8, 4) is 0 Å². The van der Waals surface area contributed by atoms with E-state index in [0.717, 1.165) is 46.5 Å². The molecule has 4 rings (SSSR count). The number of aromatic nitrogens is 2. The fraction of sp³-hybridized carbons (Fsp3) is 0.259. The van der Waals surface area contributed by atoms with Crippen LogP contribution in [0.25, 0.3) is 10.8 Å². The number of alkyl halides is 3. The molecule has 0 aliphatic carbocycles. The van der Waals surface area contributed by atoms with E-state index in [0.29, 0.717) is 36.8 Å². The maximum atomic E-state index is 15.1. The van der Waals surface area contributed by atoms with Crippen LogP contribution in [0.5, 0.6) is 0 Å². The van der Waals surface area contributed by atoms with Crippen molar-refractivity contribution in [2.24, 2.45) is 0 Å². The lowest BCUT2D eigenvalue weighted by Gasteiger charge is -2.10. The average Bonchev–Trinajstić information content (AvgIpc) is 2.83. The van der Waals surface area contributed by atoms with Crippen LogP contribution in [-0.4, -0.2) is 17.1 Å². The lowest BCUT2D eigenvalue weighted by molar-refractivity contribution is -0.137. The summed E-state index contributed by atoms with van der Waals surface area (Å²) in [6.45, 7) is 0.475. The van der Waals surface area contributed by atoms with E-state index in [2.05, 4.69) is 9.97 Å². The van der Waals surface area contributed by atoms with Crippen molar-refractivity contribution < 1.29 is 22.3 Å². The van der Waals surface area contributed by atoms with Gasteiger partial charge in [-0.3, -0.25) is 0 Å². The number of hydrogen-bond acceptors (Lipinski definition) is 3. The number of methoxy groups -OCH3 is 1. The zero-order valence-electron chi connectivity index (χ0n) is 18.7. The number of hydrogen-bond donors (Lipinski definition) is 0. The van der Waals surface area contributed by atoms with Crippen LogP contribution in [0.1, 0.15) is 33.6 Å². The van der Waals surface area contributed by atoms with Gasteiger partial charge in [0, 0.05) is 36.9 Å². The predicted molar refractivity (Wildman–Crippen MR) is 123 cm³/mol. The van der Waals surface area contributed by atoms with Gasteiger partial charge in [-0.05, 0) is 53.5 Å². The van der Waals surface area contributed by atoms with E-state index in [1.165, 1.54) is 12.1 Å². The van der Waals surface area contributed by atoms with Crippen LogP contribution in [0.4, 0.5) is 17.6 Å². The van der Waals surface area contributed by atoms with Crippen LogP contribution in [0.3, 0.4) is 0 Å². The maximum Gasteiger partial charge on any atom is 0.416 e. The fourth-order valence-electron chi connectivity index (χ4n) is 3.88. The van der Waals surface area contributed by atoms with Gasteiger partial charge in [0.2, 0.25) is 0 Å². The van der Waals surface area contributed by atoms with E-state index in [1.807, 2.05) is 18.2 Å². The van der Waals surface area contributed by atoms with Crippen molar-refractivity contribution in [3.63, 3.8) is 0 Å². The number of rotatable bonds is 8. The average molecular weight is 468 g/mol. The van der Waals surface area contributed by atoms with Crippen molar-refractivity contribution >= 4 is 10.8 Å². The van der Waals surface area contributed by atoms with Gasteiger partial charge in [0.1, 0.15) is 11.6 Å². The van der Waals surface area contributed by atoms with Crippen LogP contribution >= 0.6 is 0 Å². The lowest BCUT2D eigenvalue weighted by atomic mass is 9.98. The topological polar surface area (TPSA) is 35.0 Å². The molecule has 0 saturated heterocycles. The molecule has 0 spiro atoms. The summed E-state index contributed by atoms with van der Waals surface area (Å²) in [5.74, 6) is 0.456. The molecule has 0 bridgehead atoms. The monoisotopic (exact) mass is 468 g/mol. The second-order valence-electron chi connectivity index (χ2n) is 8.23. The Morgan fingerprint density at radius 2 is 1.44 bits per heavy atom. The van der Waals surface area contributed by atoms with E-state index in [4.69, 9.17) is 4.74 Å². The summed E-state index contributed by atoms with van der Waals surface area (Å²) in [5, 5.41) is 1.35. The molecule has 1 heterocycles. The first-order chi connectivity index (χ1) is 16.3. The molecular formula is C27H24F4N2O. The molecule has 0 aliphatic rings. The Morgan fingerprint density at radius 3 is 2.12 bits per heavy atom. The number of ether oxygens (including phenoxy) is 1. The van der Waals surface area contributed by atoms with Crippen LogP contribution in [0.15, 0.2) is 67.0 Å². The van der Waals surface area contributed by atoms with Gasteiger partial charge in [0.05, 0.1) is 12.2 Å². The highest BCUT2D eigenvalue weighted by molar-refractivity contribution is 5.84. The van der Waals surface area contributed by atoms with Gasteiger partial charge in [-0.2, -0.15) is 13.2 Å². The summed E-state index contributed by atoms with van der Waals surface area (Å²) in [5.41, 5.74) is 2.58. The van der Waals surface area contributed by atoms with E-state index in [9.17, 15) is 13.2 Å². The lowest BCUT2D eigenvalue weighted by Crippen LogP contribution is -2.04. The quantitative estimate of drug-likeness (QED) is 0.277. The van der Waals surface area contributed by atoms with Crippen molar-refractivity contribution in [3.05, 3.63) is 106 Å². The van der Waals surface area contributed by atoms with Gasteiger partial charge in [-0.1, -0.05) is 42.5 Å². The molecule has 1 aromatic heterocycles. The Morgan fingerprint density at radius 1 is 0.765 bits per heavy atom. The first kappa shape index (κ1) is 23.8. The number of nitrogens with zero attached hydrogens (tertiary/aromatic N) is 2. The summed E-state index contributed by atoms with van der Waals surface area (Å²) >= 11 is 0. The Bertz CT molecular complexity index is 1250. The van der Waals surface area contributed by atoms with E-state index in [1.54, 1.807) is 31.6 Å². The molecule has 0 fully saturated rings. The number of aryl methyl sites for hydroxylation is 4. The van der Waals surface area contributed by atoms with Crippen molar-refractivity contribution in [2.75, 3.05) is 7.11 Å². The molecule has 0 unspecified atom stereocenters. The van der Waals surface area contributed by atoms with Gasteiger partial charge in [-0.25, -0.2) is 14.4 Å². The van der Waals surface area contributed by atoms with E-state index in [-0.39, 0.29) is 5.82 Å². The second-order valence-corrected chi connectivity index (χ2v) is 8.23. The number of benzene rings is 3. The Balaban J connectivity index is 1.41. The molecular weight excluding hydrogens is 444 g/mol. The highest BCUT2D eigenvalue weighted by atomic mass is 19.4. The zero-order valence-corrected chi connectivity index (χ0v) is 18.7. The van der Waals surface area contributed by atoms with E-state index >= 15 is 4.39 Å². The summed E-state index contributed by atoms with van der Waals surface area (Å²) in [6.07, 6.45) is 1.43.